The zero-order chi connectivity index (χ0) is 19.6. The topological polar surface area (TPSA) is 100 Å². The Balaban J connectivity index is 1.75. The molecule has 27 heavy (non-hydrogen) atoms. The summed E-state index contributed by atoms with van der Waals surface area (Å²) in [4.78, 5) is 23.6. The van der Waals surface area contributed by atoms with Crippen LogP contribution in [0.15, 0.2) is 52.0 Å². The van der Waals surface area contributed by atoms with Gasteiger partial charge in [-0.15, -0.1) is 0 Å². The molecule has 2 amide bonds. The van der Waals surface area contributed by atoms with E-state index in [0.717, 1.165) is 4.47 Å². The van der Waals surface area contributed by atoms with E-state index in [1.54, 1.807) is 24.3 Å². The Morgan fingerprint density at radius 2 is 1.85 bits per heavy atom. The van der Waals surface area contributed by atoms with Crippen LogP contribution in [0.1, 0.15) is 25.3 Å². The second-order valence-corrected chi connectivity index (χ2v) is 6.42. The number of nitrogens with one attached hydrogen (secondary N) is 2. The van der Waals surface area contributed by atoms with E-state index >= 15 is 0 Å². The van der Waals surface area contributed by atoms with Crippen LogP contribution in [0.2, 0.25) is 0 Å². The molecule has 0 saturated carbocycles. The van der Waals surface area contributed by atoms with Crippen molar-refractivity contribution >= 4 is 39.6 Å². The van der Waals surface area contributed by atoms with Gasteiger partial charge in [0.25, 0.3) is 0 Å². The van der Waals surface area contributed by atoms with Crippen molar-refractivity contribution in [2.24, 2.45) is 5.10 Å². The van der Waals surface area contributed by atoms with Gasteiger partial charge in [-0.25, -0.2) is 5.43 Å². The third kappa shape index (κ3) is 7.10. The standard InChI is InChI=1S/C19H20BrN3O4/c1-2-27-17-8-3-13(11-16(17)24)12-21-23-19(26)10-9-18(25)22-15-6-4-14(20)5-7-15/h3-8,11-12,24H,2,9-10H2,1H3,(H,22,25)(H,23,26)/b21-12-. The zero-order valence-corrected chi connectivity index (χ0v) is 16.3. The van der Waals surface area contributed by atoms with Crippen LogP contribution in [0.3, 0.4) is 0 Å². The van der Waals surface area contributed by atoms with Crippen LogP contribution in [-0.4, -0.2) is 29.7 Å². The lowest BCUT2D eigenvalue weighted by Crippen LogP contribution is -2.20. The van der Waals surface area contributed by atoms with Gasteiger partial charge < -0.3 is 15.2 Å². The van der Waals surface area contributed by atoms with Gasteiger partial charge in [0, 0.05) is 23.0 Å². The zero-order valence-electron chi connectivity index (χ0n) is 14.7. The Morgan fingerprint density at radius 3 is 2.52 bits per heavy atom. The lowest BCUT2D eigenvalue weighted by Gasteiger charge is -2.06. The summed E-state index contributed by atoms with van der Waals surface area (Å²) in [7, 11) is 0. The Bertz CT molecular complexity index is 822. The van der Waals surface area contributed by atoms with E-state index in [0.29, 0.717) is 23.6 Å². The molecule has 0 aliphatic rings. The lowest BCUT2D eigenvalue weighted by atomic mass is 10.2. The molecule has 0 bridgehead atoms. The summed E-state index contributed by atoms with van der Waals surface area (Å²) in [5, 5.41) is 16.3. The number of benzene rings is 2. The average Bonchev–Trinajstić information content (AvgIpc) is 2.64. The third-order valence-electron chi connectivity index (χ3n) is 3.39. The molecule has 2 aromatic carbocycles. The molecule has 2 aromatic rings. The maximum absolute atomic E-state index is 11.8. The molecule has 0 aliphatic carbocycles. The smallest absolute Gasteiger partial charge is 0.240 e. The number of hydrazone groups is 1. The number of phenolic OH excluding ortho intramolecular Hbond substituents is 1. The number of halogens is 1. The Labute approximate surface area is 165 Å². The van der Waals surface area contributed by atoms with Crippen LogP contribution in [0.25, 0.3) is 0 Å². The van der Waals surface area contributed by atoms with Crippen LogP contribution in [-0.2, 0) is 9.59 Å². The summed E-state index contributed by atoms with van der Waals surface area (Å²) in [6, 6.07) is 12.0. The van der Waals surface area contributed by atoms with Crippen LogP contribution in [0.5, 0.6) is 11.5 Å². The van der Waals surface area contributed by atoms with Gasteiger partial charge >= 0.3 is 0 Å². The van der Waals surface area contributed by atoms with Gasteiger partial charge in [-0.1, -0.05) is 15.9 Å². The van der Waals surface area contributed by atoms with Gasteiger partial charge in [0.05, 0.1) is 12.8 Å². The number of phenols is 1. The minimum atomic E-state index is -0.382. The van der Waals surface area contributed by atoms with Crippen LogP contribution in [0, 0.1) is 0 Å². The number of rotatable bonds is 8. The van der Waals surface area contributed by atoms with E-state index in [1.807, 2.05) is 19.1 Å². The number of nitrogens with zero attached hydrogens (tertiary/aromatic N) is 1. The molecule has 0 unspecified atom stereocenters. The molecule has 0 saturated heterocycles. The highest BCUT2D eigenvalue weighted by atomic mass is 79.9. The van der Waals surface area contributed by atoms with Crippen molar-refractivity contribution in [3.05, 3.63) is 52.5 Å². The van der Waals surface area contributed by atoms with E-state index in [2.05, 4.69) is 31.8 Å². The van der Waals surface area contributed by atoms with Gasteiger partial charge in [0.1, 0.15) is 0 Å². The Kier molecular flexibility index (Phi) is 7.81. The number of hydrogen-bond acceptors (Lipinski definition) is 5. The summed E-state index contributed by atoms with van der Waals surface area (Å²) < 4.78 is 6.15. The molecular formula is C19H20BrN3O4. The fourth-order valence-electron chi connectivity index (χ4n) is 2.11. The van der Waals surface area contributed by atoms with E-state index in [9.17, 15) is 14.7 Å². The first-order valence-corrected chi connectivity index (χ1v) is 9.10. The molecule has 0 heterocycles. The first-order valence-electron chi connectivity index (χ1n) is 8.31. The molecule has 0 spiro atoms. The maximum Gasteiger partial charge on any atom is 0.240 e. The van der Waals surface area contributed by atoms with Crippen molar-refractivity contribution in [1.29, 1.82) is 0 Å². The van der Waals surface area contributed by atoms with Crippen LogP contribution in [0.4, 0.5) is 5.69 Å². The highest BCUT2D eigenvalue weighted by Gasteiger charge is 2.07. The van der Waals surface area contributed by atoms with Crippen LogP contribution < -0.4 is 15.5 Å². The molecule has 0 radical (unpaired) electrons. The van der Waals surface area contributed by atoms with Crippen LogP contribution >= 0.6 is 15.9 Å². The Morgan fingerprint density at radius 1 is 1.15 bits per heavy atom. The van der Waals surface area contributed by atoms with Gasteiger partial charge in [-0.2, -0.15) is 5.10 Å². The molecule has 0 aromatic heterocycles. The largest absolute Gasteiger partial charge is 0.504 e. The first kappa shape index (κ1) is 20.4. The summed E-state index contributed by atoms with van der Waals surface area (Å²) in [5.41, 5.74) is 3.61. The van der Waals surface area contributed by atoms with Gasteiger partial charge in [0.2, 0.25) is 11.8 Å². The van der Waals surface area contributed by atoms with Gasteiger partial charge in [-0.05, 0) is 55.0 Å². The number of anilines is 1. The number of hydrogen-bond donors (Lipinski definition) is 3. The number of ether oxygens (including phenoxy) is 1. The van der Waals surface area contributed by atoms with Crippen molar-refractivity contribution in [2.45, 2.75) is 19.8 Å². The van der Waals surface area contributed by atoms with E-state index in [-0.39, 0.29) is 30.4 Å². The van der Waals surface area contributed by atoms with Crippen molar-refractivity contribution in [3.63, 3.8) is 0 Å². The second kappa shape index (κ2) is 10.3. The molecule has 0 atom stereocenters. The maximum atomic E-state index is 11.8. The van der Waals surface area contributed by atoms with Gasteiger partial charge in [0.15, 0.2) is 11.5 Å². The average molecular weight is 434 g/mol. The highest BCUT2D eigenvalue weighted by molar-refractivity contribution is 9.10. The quantitative estimate of drug-likeness (QED) is 0.438. The summed E-state index contributed by atoms with van der Waals surface area (Å²) in [5.74, 6) is -0.257. The molecule has 3 N–H and O–H groups in total. The number of carbonyl (C=O) groups excluding carboxylic acids is 2. The Hall–Kier alpha value is -2.87. The molecule has 142 valence electrons. The van der Waals surface area contributed by atoms with E-state index < -0.39 is 0 Å². The normalized spacial score (nSPS) is 10.6. The first-order chi connectivity index (χ1) is 13.0. The fourth-order valence-corrected chi connectivity index (χ4v) is 2.38. The molecular weight excluding hydrogens is 414 g/mol. The molecule has 0 fully saturated rings. The van der Waals surface area contributed by atoms with Crippen molar-refractivity contribution in [1.82, 2.24) is 5.43 Å². The summed E-state index contributed by atoms with van der Waals surface area (Å²) >= 11 is 3.32. The predicted octanol–water partition coefficient (Wildman–Crippen LogP) is 3.42. The number of amides is 2. The van der Waals surface area contributed by atoms with Crippen molar-refractivity contribution < 1.29 is 19.4 Å². The van der Waals surface area contributed by atoms with E-state index in [4.69, 9.17) is 4.74 Å². The predicted molar refractivity (Wildman–Crippen MR) is 107 cm³/mol. The molecule has 2 rings (SSSR count). The molecule has 7 nitrogen and oxygen atoms in total. The van der Waals surface area contributed by atoms with Crippen molar-refractivity contribution in [3.8, 4) is 11.5 Å². The minimum absolute atomic E-state index is 0.00302. The molecule has 8 heteroatoms. The number of aromatic hydroxyl groups is 1. The molecule has 0 aliphatic heterocycles. The number of carbonyl (C=O) groups is 2. The minimum Gasteiger partial charge on any atom is -0.504 e. The van der Waals surface area contributed by atoms with E-state index in [1.165, 1.54) is 12.3 Å². The summed E-state index contributed by atoms with van der Waals surface area (Å²) in [6.07, 6.45) is 1.45. The third-order valence-corrected chi connectivity index (χ3v) is 3.92. The monoisotopic (exact) mass is 433 g/mol. The van der Waals surface area contributed by atoms with Crippen molar-refractivity contribution in [2.75, 3.05) is 11.9 Å². The second-order valence-electron chi connectivity index (χ2n) is 5.51. The lowest BCUT2D eigenvalue weighted by molar-refractivity contribution is -0.124. The SMILES string of the molecule is CCOc1ccc(/C=N\NC(=O)CCC(=O)Nc2ccc(Br)cc2)cc1O. The van der Waals surface area contributed by atoms with Gasteiger partial charge in [-0.3, -0.25) is 9.59 Å². The highest BCUT2D eigenvalue weighted by Crippen LogP contribution is 2.26. The fraction of sp³-hybridized carbons (Fsp3) is 0.211. The summed E-state index contributed by atoms with van der Waals surface area (Å²) in [6.45, 7) is 2.27.